The van der Waals surface area contributed by atoms with Crippen molar-refractivity contribution in [3.05, 3.63) is 41.2 Å². The van der Waals surface area contributed by atoms with Gasteiger partial charge in [0.15, 0.2) is 5.82 Å². The topological polar surface area (TPSA) is 66.5 Å². The number of nitrogens with zero attached hydrogens (tertiary/aromatic N) is 3. The third-order valence-corrected chi connectivity index (χ3v) is 3.82. The van der Waals surface area contributed by atoms with Crippen LogP contribution >= 0.6 is 0 Å². The second kappa shape index (κ2) is 5.48. The van der Waals surface area contributed by atoms with Gasteiger partial charge in [0.2, 0.25) is 0 Å². The summed E-state index contributed by atoms with van der Waals surface area (Å²) in [6.45, 7) is 2.08. The molecule has 1 aliphatic carbocycles. The van der Waals surface area contributed by atoms with Crippen molar-refractivity contribution in [2.24, 2.45) is 0 Å². The van der Waals surface area contributed by atoms with Crippen LogP contribution in [0.1, 0.15) is 55.2 Å². The molecule has 0 spiro atoms. The van der Waals surface area contributed by atoms with Gasteiger partial charge in [0, 0.05) is 6.04 Å². The predicted octanol–water partition coefficient (Wildman–Crippen LogP) is 2.32. The molecule has 100 valence electrons. The first kappa shape index (κ1) is 12.3. The van der Waals surface area contributed by atoms with Gasteiger partial charge in [-0.15, -0.1) is 10.2 Å². The third-order valence-electron chi connectivity index (χ3n) is 3.82. The van der Waals surface area contributed by atoms with Gasteiger partial charge in [-0.05, 0) is 37.3 Å². The largest absolute Gasteiger partial charge is 0.300 e. The van der Waals surface area contributed by atoms with E-state index in [9.17, 15) is 0 Å². The number of hydrogen-bond acceptors (Lipinski definition) is 4. The zero-order valence-corrected chi connectivity index (χ0v) is 11.1. The number of aromatic nitrogens is 4. The van der Waals surface area contributed by atoms with E-state index in [1.54, 1.807) is 0 Å². The molecule has 0 aliphatic heterocycles. The lowest BCUT2D eigenvalue weighted by Crippen LogP contribution is -2.25. The van der Waals surface area contributed by atoms with Crippen molar-refractivity contribution in [1.82, 2.24) is 25.9 Å². The zero-order valence-electron chi connectivity index (χ0n) is 11.1. The van der Waals surface area contributed by atoms with E-state index in [2.05, 4.69) is 57.1 Å². The van der Waals surface area contributed by atoms with Crippen molar-refractivity contribution in [2.75, 3.05) is 0 Å². The molecular weight excluding hydrogens is 238 g/mol. The Balaban J connectivity index is 1.80. The first-order chi connectivity index (χ1) is 9.34. The van der Waals surface area contributed by atoms with Crippen LogP contribution in [-0.4, -0.2) is 20.6 Å². The lowest BCUT2D eigenvalue weighted by atomic mass is 9.98. The van der Waals surface area contributed by atoms with Crippen LogP contribution in [-0.2, 0) is 6.42 Å². The molecule has 19 heavy (non-hydrogen) atoms. The summed E-state index contributed by atoms with van der Waals surface area (Å²) in [5.41, 5.74) is 2.90. The highest BCUT2D eigenvalue weighted by Crippen LogP contribution is 2.30. The van der Waals surface area contributed by atoms with Crippen molar-refractivity contribution >= 4 is 0 Å². The molecule has 5 nitrogen and oxygen atoms in total. The summed E-state index contributed by atoms with van der Waals surface area (Å²) in [5.74, 6) is 0.724. The first-order valence-electron chi connectivity index (χ1n) is 6.92. The number of rotatable bonds is 3. The van der Waals surface area contributed by atoms with Crippen LogP contribution < -0.4 is 5.32 Å². The normalized spacial score (nSPS) is 20.6. The van der Waals surface area contributed by atoms with Crippen LogP contribution in [0.4, 0.5) is 0 Å². The van der Waals surface area contributed by atoms with E-state index < -0.39 is 0 Å². The van der Waals surface area contributed by atoms with E-state index in [0.717, 1.165) is 5.82 Å². The second-order valence-electron chi connectivity index (χ2n) is 5.16. The summed E-state index contributed by atoms with van der Waals surface area (Å²) in [6, 6.07) is 9.22. The van der Waals surface area contributed by atoms with Crippen LogP contribution in [0.2, 0.25) is 0 Å². The SMILES string of the molecule is CC(NC1CCCCc2ccccc21)c1nn[nH]n1. The number of aromatic amines is 1. The number of aryl methyl sites for hydroxylation is 1. The molecule has 1 aromatic carbocycles. The predicted molar refractivity (Wildman–Crippen MR) is 72.5 cm³/mol. The smallest absolute Gasteiger partial charge is 0.191 e. The van der Waals surface area contributed by atoms with Gasteiger partial charge in [-0.2, -0.15) is 5.21 Å². The van der Waals surface area contributed by atoms with Gasteiger partial charge in [0.05, 0.1) is 6.04 Å². The second-order valence-corrected chi connectivity index (χ2v) is 5.16. The summed E-state index contributed by atoms with van der Waals surface area (Å²) in [4.78, 5) is 0. The zero-order chi connectivity index (χ0) is 13.1. The summed E-state index contributed by atoms with van der Waals surface area (Å²) < 4.78 is 0. The maximum Gasteiger partial charge on any atom is 0.191 e. The molecule has 0 saturated heterocycles. The van der Waals surface area contributed by atoms with Crippen LogP contribution in [0.5, 0.6) is 0 Å². The molecule has 1 aliphatic rings. The van der Waals surface area contributed by atoms with Crippen molar-refractivity contribution in [2.45, 2.75) is 44.7 Å². The number of tetrazole rings is 1. The third kappa shape index (κ3) is 2.66. The molecule has 0 radical (unpaired) electrons. The molecule has 3 rings (SSSR count). The number of nitrogens with one attached hydrogen (secondary N) is 2. The van der Waals surface area contributed by atoms with E-state index in [4.69, 9.17) is 0 Å². The van der Waals surface area contributed by atoms with Crippen molar-refractivity contribution < 1.29 is 0 Å². The standard InChI is InChI=1S/C14H19N5/c1-10(14-16-18-19-17-14)15-13-9-5-3-7-11-6-2-4-8-12(11)13/h2,4,6,8,10,13,15H,3,5,7,9H2,1H3,(H,16,17,18,19). The average molecular weight is 257 g/mol. The Morgan fingerprint density at radius 3 is 3.05 bits per heavy atom. The van der Waals surface area contributed by atoms with E-state index in [1.807, 2.05) is 0 Å². The Morgan fingerprint density at radius 2 is 2.21 bits per heavy atom. The lowest BCUT2D eigenvalue weighted by molar-refractivity contribution is 0.426. The maximum absolute atomic E-state index is 4.05. The summed E-state index contributed by atoms with van der Waals surface area (Å²) >= 11 is 0. The fraction of sp³-hybridized carbons (Fsp3) is 0.500. The Labute approximate surface area is 112 Å². The molecule has 1 aromatic heterocycles. The Morgan fingerprint density at radius 1 is 1.32 bits per heavy atom. The molecule has 2 N–H and O–H groups in total. The molecule has 0 saturated carbocycles. The monoisotopic (exact) mass is 257 g/mol. The minimum atomic E-state index is 0.106. The molecule has 1 heterocycles. The Hall–Kier alpha value is -1.75. The molecule has 0 amide bonds. The van der Waals surface area contributed by atoms with Crippen molar-refractivity contribution in [3.63, 3.8) is 0 Å². The summed E-state index contributed by atoms with van der Waals surface area (Å²) in [7, 11) is 0. The number of benzene rings is 1. The summed E-state index contributed by atoms with van der Waals surface area (Å²) in [5, 5.41) is 17.9. The highest BCUT2D eigenvalue weighted by Gasteiger charge is 2.21. The molecule has 0 bridgehead atoms. The Kier molecular flexibility index (Phi) is 3.55. The van der Waals surface area contributed by atoms with Crippen molar-refractivity contribution in [1.29, 1.82) is 0 Å². The lowest BCUT2D eigenvalue weighted by Gasteiger charge is -2.22. The number of fused-ring (bicyclic) bond motifs is 1. The molecule has 2 unspecified atom stereocenters. The van der Waals surface area contributed by atoms with Gasteiger partial charge in [-0.25, -0.2) is 0 Å². The molecule has 0 fully saturated rings. The van der Waals surface area contributed by atoms with Gasteiger partial charge < -0.3 is 5.32 Å². The molecule has 2 atom stereocenters. The highest BCUT2D eigenvalue weighted by atomic mass is 15.5. The molecule has 2 aromatic rings. The Bertz CT molecular complexity index is 522. The van der Waals surface area contributed by atoms with E-state index in [-0.39, 0.29) is 6.04 Å². The maximum atomic E-state index is 4.05. The van der Waals surface area contributed by atoms with Crippen LogP contribution in [0.3, 0.4) is 0 Å². The summed E-state index contributed by atoms with van der Waals surface area (Å²) in [6.07, 6.45) is 4.88. The van der Waals surface area contributed by atoms with Gasteiger partial charge >= 0.3 is 0 Å². The van der Waals surface area contributed by atoms with Gasteiger partial charge in [-0.1, -0.05) is 35.9 Å². The van der Waals surface area contributed by atoms with E-state index in [1.165, 1.54) is 36.8 Å². The average Bonchev–Trinajstić information content (AvgIpc) is 2.90. The first-order valence-corrected chi connectivity index (χ1v) is 6.92. The van der Waals surface area contributed by atoms with Crippen LogP contribution in [0, 0.1) is 0 Å². The van der Waals surface area contributed by atoms with Gasteiger partial charge in [0.25, 0.3) is 0 Å². The van der Waals surface area contributed by atoms with Gasteiger partial charge in [-0.3, -0.25) is 0 Å². The van der Waals surface area contributed by atoms with Crippen LogP contribution in [0.15, 0.2) is 24.3 Å². The van der Waals surface area contributed by atoms with Crippen LogP contribution in [0.25, 0.3) is 0 Å². The molecule has 5 heteroatoms. The van der Waals surface area contributed by atoms with E-state index in [0.29, 0.717) is 6.04 Å². The van der Waals surface area contributed by atoms with Gasteiger partial charge in [0.1, 0.15) is 0 Å². The minimum absolute atomic E-state index is 0.106. The quantitative estimate of drug-likeness (QED) is 0.828. The number of H-pyrrole nitrogens is 1. The van der Waals surface area contributed by atoms with Crippen molar-refractivity contribution in [3.8, 4) is 0 Å². The fourth-order valence-electron chi connectivity index (χ4n) is 2.82. The minimum Gasteiger partial charge on any atom is -0.300 e. The number of hydrogen-bond donors (Lipinski definition) is 2. The fourth-order valence-corrected chi connectivity index (χ4v) is 2.82. The van der Waals surface area contributed by atoms with E-state index >= 15 is 0 Å². The highest BCUT2D eigenvalue weighted by molar-refractivity contribution is 5.31. The molecular formula is C14H19N5.